The first-order valence-corrected chi connectivity index (χ1v) is 6.69. The van der Waals surface area contributed by atoms with Crippen LogP contribution in [-0.2, 0) is 0 Å². The molecule has 0 saturated heterocycles. The van der Waals surface area contributed by atoms with Crippen molar-refractivity contribution in [1.29, 1.82) is 0 Å². The molecule has 2 aromatic rings. The fourth-order valence-corrected chi connectivity index (χ4v) is 2.16. The van der Waals surface area contributed by atoms with Crippen molar-refractivity contribution in [2.75, 3.05) is 0 Å². The number of rotatable bonds is 3. The van der Waals surface area contributed by atoms with E-state index in [1.807, 2.05) is 24.3 Å². The Labute approximate surface area is 112 Å². The summed E-state index contributed by atoms with van der Waals surface area (Å²) in [6, 6.07) is 7.63. The summed E-state index contributed by atoms with van der Waals surface area (Å²) in [5.41, 5.74) is 0.818. The van der Waals surface area contributed by atoms with Gasteiger partial charge < -0.3 is 5.11 Å². The Morgan fingerprint density at radius 2 is 1.76 bits per heavy atom. The molecule has 17 heavy (non-hydrogen) atoms. The minimum absolute atomic E-state index is 0.479. The molecule has 1 N–H and O–H groups in total. The van der Waals surface area contributed by atoms with Crippen LogP contribution in [0.25, 0.3) is 0 Å². The van der Waals surface area contributed by atoms with Crippen LogP contribution in [0, 0.1) is 0 Å². The highest BCUT2D eigenvalue weighted by Crippen LogP contribution is 2.25. The molecule has 0 fully saturated rings. The second-order valence-electron chi connectivity index (χ2n) is 3.52. The molecule has 88 valence electrons. The number of aromatic nitrogens is 2. The molecule has 0 amide bonds. The maximum atomic E-state index is 9.37. The summed E-state index contributed by atoms with van der Waals surface area (Å²) < 4.78 is 0.958. The number of aliphatic hydroxyl groups excluding tert-OH is 1. The predicted molar refractivity (Wildman–Crippen MR) is 70.9 cm³/mol. The first kappa shape index (κ1) is 12.5. The van der Waals surface area contributed by atoms with E-state index in [1.165, 1.54) is 11.8 Å². The Hall–Kier alpha value is -0.910. The fraction of sp³-hybridized carbons (Fsp3) is 0.167. The summed E-state index contributed by atoms with van der Waals surface area (Å²) in [7, 11) is 0. The van der Waals surface area contributed by atoms with E-state index in [-0.39, 0.29) is 0 Å². The highest BCUT2D eigenvalue weighted by molar-refractivity contribution is 9.10. The number of nitrogens with zero attached hydrogens (tertiary/aromatic N) is 2. The molecule has 5 heteroatoms. The topological polar surface area (TPSA) is 46.0 Å². The summed E-state index contributed by atoms with van der Waals surface area (Å²) in [5, 5.41) is 11.1. The standard InChI is InChI=1S/C12H11BrN2OS/c1-8(16)9-2-4-11(14-6-9)17-12-5-3-10(13)7-15-12/h2-8,16H,1H3/t8-/m1/s1. The smallest absolute Gasteiger partial charge is 0.102 e. The number of pyridine rings is 2. The molecule has 2 rings (SSSR count). The summed E-state index contributed by atoms with van der Waals surface area (Å²) in [5.74, 6) is 0. The van der Waals surface area contributed by atoms with Crippen molar-refractivity contribution in [1.82, 2.24) is 9.97 Å². The van der Waals surface area contributed by atoms with Gasteiger partial charge in [-0.15, -0.1) is 0 Å². The number of hydrogen-bond acceptors (Lipinski definition) is 4. The third-order valence-corrected chi connectivity index (χ3v) is 3.52. The first-order chi connectivity index (χ1) is 8.15. The molecule has 0 aliphatic rings. The van der Waals surface area contributed by atoms with Crippen molar-refractivity contribution in [3.63, 3.8) is 0 Å². The third-order valence-electron chi connectivity index (χ3n) is 2.15. The van der Waals surface area contributed by atoms with Gasteiger partial charge in [-0.2, -0.15) is 0 Å². The van der Waals surface area contributed by atoms with E-state index in [9.17, 15) is 5.11 Å². The molecule has 0 radical (unpaired) electrons. The van der Waals surface area contributed by atoms with E-state index < -0.39 is 6.10 Å². The second-order valence-corrected chi connectivity index (χ2v) is 5.48. The Balaban J connectivity index is 2.11. The molecule has 2 heterocycles. The minimum atomic E-state index is -0.479. The quantitative estimate of drug-likeness (QED) is 0.943. The highest BCUT2D eigenvalue weighted by atomic mass is 79.9. The predicted octanol–water partition coefficient (Wildman–Crippen LogP) is 3.44. The van der Waals surface area contributed by atoms with E-state index in [1.54, 1.807) is 19.3 Å². The Morgan fingerprint density at radius 3 is 2.24 bits per heavy atom. The van der Waals surface area contributed by atoms with Crippen LogP contribution < -0.4 is 0 Å². The van der Waals surface area contributed by atoms with Gasteiger partial charge in [-0.25, -0.2) is 9.97 Å². The molecule has 0 aromatic carbocycles. The van der Waals surface area contributed by atoms with Crippen LogP contribution in [0.5, 0.6) is 0 Å². The molecule has 2 aromatic heterocycles. The lowest BCUT2D eigenvalue weighted by Gasteiger charge is -2.04. The van der Waals surface area contributed by atoms with Gasteiger partial charge in [0.2, 0.25) is 0 Å². The molecule has 0 aliphatic carbocycles. The normalized spacial score (nSPS) is 12.4. The van der Waals surface area contributed by atoms with E-state index >= 15 is 0 Å². The Kier molecular flexibility index (Phi) is 4.15. The van der Waals surface area contributed by atoms with Crippen molar-refractivity contribution in [3.8, 4) is 0 Å². The van der Waals surface area contributed by atoms with Gasteiger partial charge in [0, 0.05) is 16.9 Å². The third kappa shape index (κ3) is 3.52. The molecule has 0 bridgehead atoms. The van der Waals surface area contributed by atoms with Crippen LogP contribution >= 0.6 is 27.7 Å². The van der Waals surface area contributed by atoms with Gasteiger partial charge in [-0.3, -0.25) is 0 Å². The van der Waals surface area contributed by atoms with Gasteiger partial charge in [-0.1, -0.05) is 17.8 Å². The van der Waals surface area contributed by atoms with Crippen LogP contribution in [0.3, 0.4) is 0 Å². The van der Waals surface area contributed by atoms with Crippen molar-refractivity contribution in [2.45, 2.75) is 23.1 Å². The summed E-state index contributed by atoms with van der Waals surface area (Å²) in [6.45, 7) is 1.72. The highest BCUT2D eigenvalue weighted by Gasteiger charge is 2.03. The second kappa shape index (κ2) is 5.62. The van der Waals surface area contributed by atoms with Crippen LogP contribution in [0.1, 0.15) is 18.6 Å². The van der Waals surface area contributed by atoms with Gasteiger partial charge in [0.15, 0.2) is 0 Å². The van der Waals surface area contributed by atoms with Crippen molar-refractivity contribution < 1.29 is 5.11 Å². The first-order valence-electron chi connectivity index (χ1n) is 5.08. The Morgan fingerprint density at radius 1 is 1.12 bits per heavy atom. The van der Waals surface area contributed by atoms with Gasteiger partial charge in [0.1, 0.15) is 10.1 Å². The molecule has 0 aliphatic heterocycles. The van der Waals surface area contributed by atoms with Crippen LogP contribution in [0.2, 0.25) is 0 Å². The molecular formula is C12H11BrN2OS. The van der Waals surface area contributed by atoms with E-state index in [2.05, 4.69) is 25.9 Å². The van der Waals surface area contributed by atoms with Crippen molar-refractivity contribution in [3.05, 3.63) is 46.7 Å². The SMILES string of the molecule is C[C@@H](O)c1ccc(Sc2ccc(Br)cn2)nc1. The Bertz CT molecular complexity index is 485. The lowest BCUT2D eigenvalue weighted by Crippen LogP contribution is -1.92. The van der Waals surface area contributed by atoms with Gasteiger partial charge in [0.05, 0.1) is 6.10 Å². The summed E-state index contributed by atoms with van der Waals surface area (Å²) >= 11 is 4.83. The molecule has 1 atom stereocenters. The van der Waals surface area contributed by atoms with Crippen LogP contribution in [-0.4, -0.2) is 15.1 Å². The molecular weight excluding hydrogens is 300 g/mol. The number of aliphatic hydroxyl groups is 1. The molecule has 3 nitrogen and oxygen atoms in total. The lowest BCUT2D eigenvalue weighted by atomic mass is 10.2. The minimum Gasteiger partial charge on any atom is -0.389 e. The monoisotopic (exact) mass is 310 g/mol. The van der Waals surface area contributed by atoms with E-state index in [0.29, 0.717) is 0 Å². The van der Waals surface area contributed by atoms with E-state index in [0.717, 1.165) is 20.1 Å². The van der Waals surface area contributed by atoms with Gasteiger partial charge >= 0.3 is 0 Å². The van der Waals surface area contributed by atoms with Crippen molar-refractivity contribution in [2.24, 2.45) is 0 Å². The largest absolute Gasteiger partial charge is 0.389 e. The van der Waals surface area contributed by atoms with Crippen molar-refractivity contribution >= 4 is 27.7 Å². The van der Waals surface area contributed by atoms with Gasteiger partial charge in [-0.05, 0) is 46.6 Å². The van der Waals surface area contributed by atoms with Gasteiger partial charge in [0.25, 0.3) is 0 Å². The average Bonchev–Trinajstić information content (AvgIpc) is 2.33. The molecule has 0 saturated carbocycles. The fourth-order valence-electron chi connectivity index (χ4n) is 1.23. The lowest BCUT2D eigenvalue weighted by molar-refractivity contribution is 0.198. The average molecular weight is 311 g/mol. The number of hydrogen-bond donors (Lipinski definition) is 1. The molecule has 0 spiro atoms. The van der Waals surface area contributed by atoms with Crippen LogP contribution in [0.4, 0.5) is 0 Å². The zero-order valence-corrected chi connectivity index (χ0v) is 11.6. The maximum Gasteiger partial charge on any atom is 0.102 e. The summed E-state index contributed by atoms with van der Waals surface area (Å²) in [4.78, 5) is 8.53. The number of halogens is 1. The van der Waals surface area contributed by atoms with Crippen LogP contribution in [0.15, 0.2) is 51.2 Å². The van der Waals surface area contributed by atoms with E-state index in [4.69, 9.17) is 0 Å². The zero-order valence-electron chi connectivity index (χ0n) is 9.17. The summed E-state index contributed by atoms with van der Waals surface area (Å²) in [6.07, 6.45) is 2.96. The molecule has 0 unspecified atom stereocenters. The maximum absolute atomic E-state index is 9.37. The zero-order chi connectivity index (χ0) is 12.3.